The quantitative estimate of drug-likeness (QED) is 0.739. The summed E-state index contributed by atoms with van der Waals surface area (Å²) >= 11 is 0. The molecule has 150 valence electrons. The first-order chi connectivity index (χ1) is 14.0. The molecule has 4 rings (SSSR count). The van der Waals surface area contributed by atoms with E-state index in [0.717, 1.165) is 22.2 Å². The summed E-state index contributed by atoms with van der Waals surface area (Å²) in [6, 6.07) is 13.4. The van der Waals surface area contributed by atoms with E-state index >= 15 is 0 Å². The number of hydrogen-bond acceptors (Lipinski definition) is 3. The van der Waals surface area contributed by atoms with E-state index in [1.54, 1.807) is 29.0 Å². The van der Waals surface area contributed by atoms with Crippen molar-refractivity contribution in [3.8, 4) is 5.75 Å². The van der Waals surface area contributed by atoms with Crippen LogP contribution in [0.3, 0.4) is 0 Å². The van der Waals surface area contributed by atoms with Gasteiger partial charge in [-0.3, -0.25) is 9.59 Å². The Morgan fingerprint density at radius 2 is 1.69 bits per heavy atom. The molecule has 0 saturated carbocycles. The van der Waals surface area contributed by atoms with E-state index in [4.69, 9.17) is 4.74 Å². The van der Waals surface area contributed by atoms with Gasteiger partial charge in [0.1, 0.15) is 17.3 Å². The van der Waals surface area contributed by atoms with Crippen LogP contribution in [0.25, 0.3) is 10.9 Å². The predicted molar refractivity (Wildman–Crippen MR) is 107 cm³/mol. The van der Waals surface area contributed by atoms with Crippen molar-refractivity contribution in [2.45, 2.75) is 6.42 Å². The minimum atomic E-state index is -0.316. The minimum absolute atomic E-state index is 0.0126. The highest BCUT2D eigenvalue weighted by atomic mass is 19.1. The first kappa shape index (κ1) is 19.0. The number of piperazine rings is 1. The zero-order valence-corrected chi connectivity index (χ0v) is 16.2. The second-order valence-corrected chi connectivity index (χ2v) is 7.11. The Labute approximate surface area is 167 Å². The molecule has 3 aromatic rings. The number of nitrogens with zero attached hydrogens (tertiary/aromatic N) is 2. The summed E-state index contributed by atoms with van der Waals surface area (Å²) < 4.78 is 18.2. The molecular formula is C22H22FN3O3. The zero-order chi connectivity index (χ0) is 20.4. The van der Waals surface area contributed by atoms with Crippen LogP contribution in [0.15, 0.2) is 48.5 Å². The molecule has 1 aliphatic heterocycles. The van der Waals surface area contributed by atoms with E-state index in [2.05, 4.69) is 4.98 Å². The number of H-pyrrole nitrogens is 1. The zero-order valence-electron chi connectivity index (χ0n) is 16.2. The maximum absolute atomic E-state index is 13.0. The normalized spacial score (nSPS) is 14.3. The first-order valence-corrected chi connectivity index (χ1v) is 9.52. The van der Waals surface area contributed by atoms with Crippen LogP contribution >= 0.6 is 0 Å². The van der Waals surface area contributed by atoms with Gasteiger partial charge in [-0.1, -0.05) is 12.1 Å². The number of ether oxygens (including phenoxy) is 1. The highest BCUT2D eigenvalue weighted by Gasteiger charge is 2.25. The summed E-state index contributed by atoms with van der Waals surface area (Å²) in [7, 11) is 1.60. The van der Waals surface area contributed by atoms with E-state index in [9.17, 15) is 14.0 Å². The average molecular weight is 395 g/mol. The van der Waals surface area contributed by atoms with Crippen LogP contribution in [0.4, 0.5) is 4.39 Å². The van der Waals surface area contributed by atoms with E-state index in [0.29, 0.717) is 31.9 Å². The van der Waals surface area contributed by atoms with E-state index in [1.165, 1.54) is 12.1 Å². The maximum atomic E-state index is 13.0. The average Bonchev–Trinajstić information content (AvgIpc) is 3.18. The third-order valence-corrected chi connectivity index (χ3v) is 5.25. The van der Waals surface area contributed by atoms with Crippen LogP contribution in [-0.2, 0) is 11.2 Å². The van der Waals surface area contributed by atoms with Crippen molar-refractivity contribution in [3.05, 3.63) is 65.6 Å². The molecule has 2 heterocycles. The summed E-state index contributed by atoms with van der Waals surface area (Å²) in [4.78, 5) is 32.0. The van der Waals surface area contributed by atoms with Gasteiger partial charge in [-0.2, -0.15) is 0 Å². The van der Waals surface area contributed by atoms with Crippen molar-refractivity contribution in [1.29, 1.82) is 0 Å². The van der Waals surface area contributed by atoms with Crippen molar-refractivity contribution in [2.75, 3.05) is 33.3 Å². The van der Waals surface area contributed by atoms with Crippen LogP contribution < -0.4 is 4.74 Å². The Morgan fingerprint density at radius 3 is 2.38 bits per heavy atom. The Kier molecular flexibility index (Phi) is 5.20. The van der Waals surface area contributed by atoms with Crippen LogP contribution in [0.1, 0.15) is 16.1 Å². The number of aromatic nitrogens is 1. The molecule has 0 bridgehead atoms. The largest absolute Gasteiger partial charge is 0.497 e. The number of carbonyl (C=O) groups is 2. The van der Waals surface area contributed by atoms with Crippen molar-refractivity contribution < 1.29 is 18.7 Å². The molecular weight excluding hydrogens is 373 g/mol. The molecule has 29 heavy (non-hydrogen) atoms. The van der Waals surface area contributed by atoms with Crippen LogP contribution in [0.5, 0.6) is 5.75 Å². The summed E-state index contributed by atoms with van der Waals surface area (Å²) in [5.74, 6) is 0.322. The summed E-state index contributed by atoms with van der Waals surface area (Å²) in [5, 5.41) is 0.947. The van der Waals surface area contributed by atoms with E-state index in [-0.39, 0.29) is 24.1 Å². The number of nitrogens with one attached hydrogen (secondary N) is 1. The van der Waals surface area contributed by atoms with Crippen LogP contribution in [-0.4, -0.2) is 59.9 Å². The third kappa shape index (κ3) is 4.08. The number of hydrogen-bond donors (Lipinski definition) is 1. The Hall–Kier alpha value is -3.35. The summed E-state index contributed by atoms with van der Waals surface area (Å²) in [6.45, 7) is 1.93. The smallest absolute Gasteiger partial charge is 0.270 e. The minimum Gasteiger partial charge on any atom is -0.497 e. The van der Waals surface area contributed by atoms with Gasteiger partial charge < -0.3 is 19.5 Å². The molecule has 0 atom stereocenters. The van der Waals surface area contributed by atoms with Crippen LogP contribution in [0, 0.1) is 5.82 Å². The molecule has 1 aliphatic rings. The highest BCUT2D eigenvalue weighted by molar-refractivity contribution is 5.98. The fourth-order valence-corrected chi connectivity index (χ4v) is 3.57. The lowest BCUT2D eigenvalue weighted by molar-refractivity contribution is -0.131. The molecule has 1 fully saturated rings. The molecule has 0 aliphatic carbocycles. The number of methoxy groups -OCH3 is 1. The molecule has 2 amide bonds. The fourth-order valence-electron chi connectivity index (χ4n) is 3.57. The number of halogens is 1. The molecule has 6 nitrogen and oxygen atoms in total. The van der Waals surface area contributed by atoms with Crippen molar-refractivity contribution in [1.82, 2.24) is 14.8 Å². The second kappa shape index (κ2) is 7.95. The lowest BCUT2D eigenvalue weighted by atomic mass is 10.1. The topological polar surface area (TPSA) is 65.6 Å². The van der Waals surface area contributed by atoms with Gasteiger partial charge in [-0.15, -0.1) is 0 Å². The molecule has 2 aromatic carbocycles. The Balaban J connectivity index is 1.37. The van der Waals surface area contributed by atoms with Crippen molar-refractivity contribution >= 4 is 22.7 Å². The summed E-state index contributed by atoms with van der Waals surface area (Å²) in [5.41, 5.74) is 2.16. The van der Waals surface area contributed by atoms with E-state index in [1.807, 2.05) is 24.3 Å². The van der Waals surface area contributed by atoms with Gasteiger partial charge >= 0.3 is 0 Å². The van der Waals surface area contributed by atoms with Gasteiger partial charge in [0, 0.05) is 43.1 Å². The van der Waals surface area contributed by atoms with Crippen molar-refractivity contribution in [3.63, 3.8) is 0 Å². The molecule has 0 spiro atoms. The van der Waals surface area contributed by atoms with E-state index < -0.39 is 0 Å². The monoisotopic (exact) mass is 395 g/mol. The lowest BCUT2D eigenvalue weighted by Crippen LogP contribution is -2.51. The molecule has 0 unspecified atom stereocenters. The number of fused-ring (bicyclic) bond motifs is 1. The summed E-state index contributed by atoms with van der Waals surface area (Å²) in [6.07, 6.45) is 0.234. The van der Waals surface area contributed by atoms with Gasteiger partial charge in [0.05, 0.1) is 13.5 Å². The molecule has 1 saturated heterocycles. The van der Waals surface area contributed by atoms with Gasteiger partial charge in [-0.05, 0) is 35.9 Å². The number of amides is 2. The SMILES string of the molecule is COc1ccc2cc(C(=O)N3CCN(C(=O)Cc4ccc(F)cc4)CC3)[nH]c2c1. The highest BCUT2D eigenvalue weighted by Crippen LogP contribution is 2.22. The molecule has 1 aromatic heterocycles. The Morgan fingerprint density at radius 1 is 1.00 bits per heavy atom. The van der Waals surface area contributed by atoms with Gasteiger partial charge in [0.2, 0.25) is 5.91 Å². The second-order valence-electron chi connectivity index (χ2n) is 7.11. The van der Waals surface area contributed by atoms with Crippen molar-refractivity contribution in [2.24, 2.45) is 0 Å². The first-order valence-electron chi connectivity index (χ1n) is 9.52. The predicted octanol–water partition coefficient (Wildman–Crippen LogP) is 2.84. The van der Waals surface area contributed by atoms with Crippen LogP contribution in [0.2, 0.25) is 0 Å². The third-order valence-electron chi connectivity index (χ3n) is 5.25. The number of benzene rings is 2. The van der Waals surface area contributed by atoms with Gasteiger partial charge in [-0.25, -0.2) is 4.39 Å². The fraction of sp³-hybridized carbons (Fsp3) is 0.273. The standard InChI is InChI=1S/C22H22FN3O3/c1-29-18-7-4-16-13-20(24-19(16)14-18)22(28)26-10-8-25(9-11-26)21(27)12-15-2-5-17(23)6-3-15/h2-7,13-14,24H,8-12H2,1H3. The molecule has 7 heteroatoms. The number of carbonyl (C=O) groups excluding carboxylic acids is 2. The molecule has 0 radical (unpaired) electrons. The Bertz CT molecular complexity index is 1040. The number of aromatic amines is 1. The maximum Gasteiger partial charge on any atom is 0.270 e. The van der Waals surface area contributed by atoms with Gasteiger partial charge in [0.25, 0.3) is 5.91 Å². The van der Waals surface area contributed by atoms with Gasteiger partial charge in [0.15, 0.2) is 0 Å². The molecule has 1 N–H and O–H groups in total. The lowest BCUT2D eigenvalue weighted by Gasteiger charge is -2.34. The number of rotatable bonds is 4.